The number of ether oxygens (including phenoxy) is 1. The van der Waals surface area contributed by atoms with Crippen molar-refractivity contribution in [3.8, 4) is 0 Å². The maximum atomic E-state index is 5.51. The Labute approximate surface area is 85.3 Å². The van der Waals surface area contributed by atoms with Crippen molar-refractivity contribution < 1.29 is 4.74 Å². The molecule has 0 aliphatic carbocycles. The van der Waals surface area contributed by atoms with Crippen LogP contribution in [0.3, 0.4) is 0 Å². The third kappa shape index (κ3) is 2.48. The molecule has 0 aromatic heterocycles. The molecule has 2 nitrogen and oxygen atoms in total. The molecule has 0 saturated carbocycles. The number of benzene rings is 1. The summed E-state index contributed by atoms with van der Waals surface area (Å²) in [6.07, 6.45) is 1.62. The van der Waals surface area contributed by atoms with Crippen molar-refractivity contribution in [2.75, 3.05) is 18.5 Å². The molecule has 0 bridgehead atoms. The molecular weight excluding hydrogens is 174 g/mol. The number of nitrogens with one attached hydrogen (secondary N) is 1. The molecule has 76 valence electrons. The summed E-state index contributed by atoms with van der Waals surface area (Å²) in [6, 6.07) is 10.3. The highest BCUT2D eigenvalue weighted by Crippen LogP contribution is 2.19. The maximum Gasteiger partial charge on any atom is 0.0551 e. The summed E-state index contributed by atoms with van der Waals surface area (Å²) >= 11 is 0. The number of hydrogen-bond acceptors (Lipinski definition) is 2. The van der Waals surface area contributed by atoms with Crippen LogP contribution in [0.1, 0.15) is 13.3 Å². The van der Waals surface area contributed by atoms with E-state index in [9.17, 15) is 0 Å². The van der Waals surface area contributed by atoms with Gasteiger partial charge in [0.15, 0.2) is 0 Å². The second-order valence-electron chi connectivity index (χ2n) is 3.99. The lowest BCUT2D eigenvalue weighted by Crippen LogP contribution is -2.14. The molecule has 0 amide bonds. The SMILES string of the molecule is CC1CC(CNc2ccccc2)CO1. The van der Waals surface area contributed by atoms with Crippen LogP contribution in [0.5, 0.6) is 0 Å². The summed E-state index contributed by atoms with van der Waals surface area (Å²) in [7, 11) is 0. The first-order valence-electron chi connectivity index (χ1n) is 5.25. The van der Waals surface area contributed by atoms with Crippen molar-refractivity contribution >= 4 is 5.69 Å². The third-order valence-electron chi connectivity index (χ3n) is 2.65. The van der Waals surface area contributed by atoms with Crippen LogP contribution in [0.4, 0.5) is 5.69 Å². The van der Waals surface area contributed by atoms with Crippen LogP contribution in [-0.2, 0) is 4.74 Å². The number of rotatable bonds is 3. The fraction of sp³-hybridized carbons (Fsp3) is 0.500. The number of anilines is 1. The minimum atomic E-state index is 0.442. The Hall–Kier alpha value is -1.02. The van der Waals surface area contributed by atoms with E-state index in [1.165, 1.54) is 12.1 Å². The van der Waals surface area contributed by atoms with E-state index in [-0.39, 0.29) is 0 Å². The Kier molecular flexibility index (Phi) is 3.04. The quantitative estimate of drug-likeness (QED) is 0.792. The molecule has 0 radical (unpaired) electrons. The molecule has 0 spiro atoms. The minimum Gasteiger partial charge on any atom is -0.385 e. The molecule has 1 aromatic carbocycles. The average Bonchev–Trinajstić information content (AvgIpc) is 2.63. The van der Waals surface area contributed by atoms with Gasteiger partial charge in [0.25, 0.3) is 0 Å². The third-order valence-corrected chi connectivity index (χ3v) is 2.65. The van der Waals surface area contributed by atoms with E-state index in [2.05, 4.69) is 36.5 Å². The first kappa shape index (κ1) is 9.53. The van der Waals surface area contributed by atoms with Gasteiger partial charge in [-0.1, -0.05) is 18.2 Å². The molecule has 2 unspecified atom stereocenters. The maximum absolute atomic E-state index is 5.51. The van der Waals surface area contributed by atoms with Crippen molar-refractivity contribution in [2.45, 2.75) is 19.4 Å². The van der Waals surface area contributed by atoms with Gasteiger partial charge in [0.1, 0.15) is 0 Å². The zero-order valence-corrected chi connectivity index (χ0v) is 8.57. The van der Waals surface area contributed by atoms with Gasteiger partial charge in [-0.3, -0.25) is 0 Å². The van der Waals surface area contributed by atoms with E-state index in [1.54, 1.807) is 0 Å². The Morgan fingerprint density at radius 3 is 2.79 bits per heavy atom. The van der Waals surface area contributed by atoms with Gasteiger partial charge in [0.2, 0.25) is 0 Å². The van der Waals surface area contributed by atoms with Gasteiger partial charge < -0.3 is 10.1 Å². The Morgan fingerprint density at radius 2 is 2.14 bits per heavy atom. The van der Waals surface area contributed by atoms with E-state index in [4.69, 9.17) is 4.74 Å². The monoisotopic (exact) mass is 191 g/mol. The molecule has 1 aliphatic rings. The van der Waals surface area contributed by atoms with Crippen LogP contribution >= 0.6 is 0 Å². The number of hydrogen-bond donors (Lipinski definition) is 1. The molecule has 1 N–H and O–H groups in total. The first-order valence-corrected chi connectivity index (χ1v) is 5.25. The Morgan fingerprint density at radius 1 is 1.36 bits per heavy atom. The van der Waals surface area contributed by atoms with Crippen LogP contribution in [0.25, 0.3) is 0 Å². The van der Waals surface area contributed by atoms with Gasteiger partial charge in [-0.05, 0) is 25.5 Å². The highest BCUT2D eigenvalue weighted by molar-refractivity contribution is 5.42. The summed E-state index contributed by atoms with van der Waals surface area (Å²) in [5.74, 6) is 0.671. The van der Waals surface area contributed by atoms with Crippen molar-refractivity contribution in [2.24, 2.45) is 5.92 Å². The van der Waals surface area contributed by atoms with E-state index in [0.717, 1.165) is 13.2 Å². The molecule has 14 heavy (non-hydrogen) atoms. The smallest absolute Gasteiger partial charge is 0.0551 e. The van der Waals surface area contributed by atoms with Gasteiger partial charge >= 0.3 is 0 Å². The highest BCUT2D eigenvalue weighted by Gasteiger charge is 2.21. The Balaban J connectivity index is 1.78. The molecular formula is C12H17NO. The van der Waals surface area contributed by atoms with Crippen LogP contribution in [0.15, 0.2) is 30.3 Å². The molecule has 1 saturated heterocycles. The second kappa shape index (κ2) is 4.47. The van der Waals surface area contributed by atoms with Gasteiger partial charge in [0, 0.05) is 18.2 Å². The van der Waals surface area contributed by atoms with Crippen molar-refractivity contribution in [3.05, 3.63) is 30.3 Å². The molecule has 2 heteroatoms. The fourth-order valence-corrected chi connectivity index (χ4v) is 1.87. The Bertz CT molecular complexity index is 273. The van der Waals surface area contributed by atoms with Crippen LogP contribution in [-0.4, -0.2) is 19.3 Å². The van der Waals surface area contributed by atoms with E-state index >= 15 is 0 Å². The van der Waals surface area contributed by atoms with Crippen LogP contribution in [0, 0.1) is 5.92 Å². The molecule has 2 atom stereocenters. The van der Waals surface area contributed by atoms with Gasteiger partial charge in [-0.25, -0.2) is 0 Å². The molecule has 1 aliphatic heterocycles. The zero-order chi connectivity index (χ0) is 9.80. The van der Waals surface area contributed by atoms with Gasteiger partial charge in [-0.2, -0.15) is 0 Å². The highest BCUT2D eigenvalue weighted by atomic mass is 16.5. The lowest BCUT2D eigenvalue weighted by molar-refractivity contribution is 0.121. The topological polar surface area (TPSA) is 21.3 Å². The summed E-state index contributed by atoms with van der Waals surface area (Å²) in [6.45, 7) is 4.07. The standard InChI is InChI=1S/C12H17NO/c1-10-7-11(9-14-10)8-13-12-5-3-2-4-6-12/h2-6,10-11,13H,7-9H2,1H3. The van der Waals surface area contributed by atoms with Crippen molar-refractivity contribution in [1.82, 2.24) is 0 Å². The average molecular weight is 191 g/mol. The zero-order valence-electron chi connectivity index (χ0n) is 8.57. The predicted molar refractivity (Wildman–Crippen MR) is 58.5 cm³/mol. The summed E-state index contributed by atoms with van der Waals surface area (Å²) in [5, 5.41) is 3.43. The molecule has 1 fully saturated rings. The van der Waals surface area contributed by atoms with E-state index in [1.807, 2.05) is 6.07 Å². The number of para-hydroxylation sites is 1. The van der Waals surface area contributed by atoms with Crippen molar-refractivity contribution in [1.29, 1.82) is 0 Å². The van der Waals surface area contributed by atoms with Gasteiger partial charge in [-0.15, -0.1) is 0 Å². The molecule has 1 heterocycles. The summed E-state index contributed by atoms with van der Waals surface area (Å²) in [5.41, 5.74) is 1.20. The van der Waals surface area contributed by atoms with Crippen molar-refractivity contribution in [3.63, 3.8) is 0 Å². The first-order chi connectivity index (χ1) is 6.84. The van der Waals surface area contributed by atoms with E-state index < -0.39 is 0 Å². The normalized spacial score (nSPS) is 26.4. The van der Waals surface area contributed by atoms with Crippen LogP contribution in [0.2, 0.25) is 0 Å². The van der Waals surface area contributed by atoms with Crippen LogP contribution < -0.4 is 5.32 Å². The lowest BCUT2D eigenvalue weighted by Gasteiger charge is -2.10. The largest absolute Gasteiger partial charge is 0.385 e. The second-order valence-corrected chi connectivity index (χ2v) is 3.99. The van der Waals surface area contributed by atoms with E-state index in [0.29, 0.717) is 12.0 Å². The minimum absolute atomic E-state index is 0.442. The lowest BCUT2D eigenvalue weighted by atomic mass is 10.1. The molecule has 1 aromatic rings. The molecule has 2 rings (SSSR count). The fourth-order valence-electron chi connectivity index (χ4n) is 1.87. The predicted octanol–water partition coefficient (Wildman–Crippen LogP) is 2.52. The van der Waals surface area contributed by atoms with Gasteiger partial charge in [0.05, 0.1) is 12.7 Å². The summed E-state index contributed by atoms with van der Waals surface area (Å²) in [4.78, 5) is 0. The summed E-state index contributed by atoms with van der Waals surface area (Å²) < 4.78 is 5.51.